The molecule has 0 aliphatic rings. The molecule has 0 bridgehead atoms. The molecule has 0 aliphatic heterocycles. The minimum Gasteiger partial charge on any atom is -0.461 e. The Kier molecular flexibility index (Phi) is 12.6. The smallest absolute Gasteiger partial charge is 0.335 e. The van der Waals surface area contributed by atoms with Crippen molar-refractivity contribution < 1.29 is 37.8 Å². The van der Waals surface area contributed by atoms with Gasteiger partial charge in [-0.2, -0.15) is 0 Å². The summed E-state index contributed by atoms with van der Waals surface area (Å²) in [6, 6.07) is 19.4. The highest BCUT2D eigenvalue weighted by molar-refractivity contribution is 5.96. The van der Waals surface area contributed by atoms with Crippen LogP contribution in [0.1, 0.15) is 48.3 Å². The van der Waals surface area contributed by atoms with Gasteiger partial charge in [-0.3, -0.25) is 14.4 Å². The molecule has 10 nitrogen and oxygen atoms in total. The third-order valence-electron chi connectivity index (χ3n) is 6.09. The van der Waals surface area contributed by atoms with Crippen molar-refractivity contribution in [3.8, 4) is 0 Å². The maximum atomic E-state index is 14.2. The number of esters is 2. The molecular formula is C31H34FN3O7. The maximum Gasteiger partial charge on any atom is 0.335 e. The molecule has 222 valence electrons. The number of hydrogen-bond donors (Lipinski definition) is 2. The lowest BCUT2D eigenvalue weighted by molar-refractivity contribution is -0.163. The molecule has 2 N–H and O–H groups in total. The van der Waals surface area contributed by atoms with E-state index in [0.29, 0.717) is 0 Å². The summed E-state index contributed by atoms with van der Waals surface area (Å²) in [4.78, 5) is 54.3. The topological polar surface area (TPSA) is 133 Å². The molecule has 1 aromatic heterocycles. The number of aromatic nitrogens is 1. The molecule has 11 heteroatoms. The van der Waals surface area contributed by atoms with Crippen LogP contribution in [-0.4, -0.2) is 53.5 Å². The highest BCUT2D eigenvalue weighted by Gasteiger charge is 2.32. The van der Waals surface area contributed by atoms with E-state index in [9.17, 15) is 23.6 Å². The zero-order valence-corrected chi connectivity index (χ0v) is 23.5. The second-order valence-corrected chi connectivity index (χ2v) is 9.41. The third kappa shape index (κ3) is 10.4. The normalized spacial score (nSPS) is 12.8. The summed E-state index contributed by atoms with van der Waals surface area (Å²) in [5, 5.41) is 5.02. The number of nitrogens with zero attached hydrogens (tertiary/aromatic N) is 1. The van der Waals surface area contributed by atoms with E-state index >= 15 is 0 Å². The Hall–Kier alpha value is -4.64. The maximum absolute atomic E-state index is 14.2. The minimum absolute atomic E-state index is 0.0457. The van der Waals surface area contributed by atoms with Crippen molar-refractivity contribution in [2.75, 3.05) is 6.54 Å². The van der Waals surface area contributed by atoms with Crippen LogP contribution in [0.25, 0.3) is 0 Å². The third-order valence-corrected chi connectivity index (χ3v) is 6.09. The van der Waals surface area contributed by atoms with E-state index < -0.39 is 53.5 Å². The van der Waals surface area contributed by atoms with Crippen LogP contribution in [0.2, 0.25) is 0 Å². The summed E-state index contributed by atoms with van der Waals surface area (Å²) in [6.45, 7) is 3.30. The summed E-state index contributed by atoms with van der Waals surface area (Å²) >= 11 is 0. The molecule has 3 rings (SSSR count). The molecule has 3 atom stereocenters. The summed E-state index contributed by atoms with van der Waals surface area (Å²) in [5.74, 6) is -3.73. The summed E-state index contributed by atoms with van der Waals surface area (Å²) in [5.41, 5.74) is 1.19. The number of hydrogen-bond acceptors (Lipinski definition) is 8. The van der Waals surface area contributed by atoms with Crippen LogP contribution in [0.5, 0.6) is 0 Å². The molecule has 3 aromatic rings. The average molecular weight is 580 g/mol. The number of halogens is 1. The molecule has 0 saturated heterocycles. The van der Waals surface area contributed by atoms with Gasteiger partial charge in [-0.1, -0.05) is 60.7 Å². The van der Waals surface area contributed by atoms with Gasteiger partial charge < -0.3 is 24.8 Å². The van der Waals surface area contributed by atoms with Crippen molar-refractivity contribution in [2.45, 2.75) is 58.2 Å². The molecule has 0 saturated carbocycles. The molecule has 1 heterocycles. The van der Waals surface area contributed by atoms with Crippen molar-refractivity contribution in [1.29, 1.82) is 0 Å². The number of rotatable bonds is 15. The van der Waals surface area contributed by atoms with Gasteiger partial charge in [0.2, 0.25) is 5.91 Å². The Balaban J connectivity index is 1.55. The predicted molar refractivity (Wildman–Crippen MR) is 150 cm³/mol. The fraction of sp³-hybridized carbons (Fsp3) is 0.323. The van der Waals surface area contributed by atoms with Crippen LogP contribution < -0.4 is 10.6 Å². The summed E-state index contributed by atoms with van der Waals surface area (Å²) in [6.07, 6.45) is -0.592. The van der Waals surface area contributed by atoms with Gasteiger partial charge in [0, 0.05) is 19.2 Å². The molecular weight excluding hydrogens is 545 g/mol. The second kappa shape index (κ2) is 16.6. The highest BCUT2D eigenvalue weighted by Crippen LogP contribution is 2.10. The van der Waals surface area contributed by atoms with Gasteiger partial charge in [0.25, 0.3) is 5.91 Å². The Bertz CT molecular complexity index is 1320. The van der Waals surface area contributed by atoms with E-state index in [1.54, 1.807) is 0 Å². The van der Waals surface area contributed by atoms with E-state index in [0.717, 1.165) is 17.2 Å². The number of pyridine rings is 1. The van der Waals surface area contributed by atoms with Crippen molar-refractivity contribution in [3.63, 3.8) is 0 Å². The summed E-state index contributed by atoms with van der Waals surface area (Å²) in [7, 11) is 0. The number of benzene rings is 2. The lowest BCUT2D eigenvalue weighted by Crippen LogP contribution is -2.54. The Morgan fingerprint density at radius 1 is 0.881 bits per heavy atom. The van der Waals surface area contributed by atoms with E-state index in [1.165, 1.54) is 26.1 Å². The van der Waals surface area contributed by atoms with Gasteiger partial charge in [-0.15, -0.1) is 0 Å². The lowest BCUT2D eigenvalue weighted by atomic mass is 10.1. The molecule has 0 fully saturated rings. The fourth-order valence-electron chi connectivity index (χ4n) is 3.73. The van der Waals surface area contributed by atoms with Crippen LogP contribution >= 0.6 is 0 Å². The van der Waals surface area contributed by atoms with E-state index in [2.05, 4.69) is 15.6 Å². The highest BCUT2D eigenvalue weighted by atomic mass is 19.1. The molecule has 0 radical (unpaired) electrons. The molecule has 0 spiro atoms. The number of nitrogens with one attached hydrogen (secondary N) is 2. The van der Waals surface area contributed by atoms with Crippen molar-refractivity contribution in [3.05, 3.63) is 102 Å². The van der Waals surface area contributed by atoms with Crippen LogP contribution in [0.3, 0.4) is 0 Å². The zero-order valence-electron chi connectivity index (χ0n) is 23.5. The monoisotopic (exact) mass is 579 g/mol. The first-order valence-corrected chi connectivity index (χ1v) is 13.5. The minimum atomic E-state index is -1.39. The van der Waals surface area contributed by atoms with Crippen molar-refractivity contribution >= 4 is 23.8 Å². The van der Waals surface area contributed by atoms with Gasteiger partial charge in [0.05, 0.1) is 6.61 Å². The zero-order chi connectivity index (χ0) is 30.3. The number of carbonyl (C=O) groups excluding carboxylic acids is 4. The standard InChI is InChI=1S/C31H34FN3O7/c1-21(42-31(39)22(2)40-19-23-11-5-3-6-12-23)27(35-30(38)28-25(32)15-9-17-33-28)29(37)34-18-10-16-26(36)41-20-24-13-7-4-8-14-24/h3-9,11-15,17,21-22,27H,10,16,18-20H2,1-2H3,(H,34,37)(H,35,38)/t21-,22-,27+/m1/s1. The Morgan fingerprint density at radius 3 is 2.17 bits per heavy atom. The fourth-order valence-corrected chi connectivity index (χ4v) is 3.73. The van der Waals surface area contributed by atoms with Gasteiger partial charge in [-0.05, 0) is 43.5 Å². The van der Waals surface area contributed by atoms with Crippen LogP contribution in [-0.2, 0) is 41.8 Å². The number of ether oxygens (including phenoxy) is 3. The number of amides is 2. The van der Waals surface area contributed by atoms with Gasteiger partial charge in [-0.25, -0.2) is 14.2 Å². The first-order valence-electron chi connectivity index (χ1n) is 13.5. The van der Waals surface area contributed by atoms with Crippen molar-refractivity contribution in [1.82, 2.24) is 15.6 Å². The lowest BCUT2D eigenvalue weighted by Gasteiger charge is -2.25. The van der Waals surface area contributed by atoms with Crippen LogP contribution in [0.15, 0.2) is 79.0 Å². The number of carbonyl (C=O) groups is 4. The molecule has 2 amide bonds. The van der Waals surface area contributed by atoms with Crippen molar-refractivity contribution in [2.24, 2.45) is 0 Å². The SMILES string of the molecule is C[C@@H](OCc1ccccc1)C(=O)O[C@H](C)[C@H](NC(=O)c1ncccc1F)C(=O)NCCCC(=O)OCc1ccccc1. The predicted octanol–water partition coefficient (Wildman–Crippen LogP) is 3.50. The van der Waals surface area contributed by atoms with Crippen LogP contribution in [0, 0.1) is 5.82 Å². The Morgan fingerprint density at radius 2 is 1.52 bits per heavy atom. The largest absolute Gasteiger partial charge is 0.461 e. The quantitative estimate of drug-likeness (QED) is 0.207. The molecule has 42 heavy (non-hydrogen) atoms. The van der Waals surface area contributed by atoms with Crippen LogP contribution in [0.4, 0.5) is 4.39 Å². The van der Waals surface area contributed by atoms with Gasteiger partial charge >= 0.3 is 11.9 Å². The first kappa shape index (κ1) is 31.9. The second-order valence-electron chi connectivity index (χ2n) is 9.41. The van der Waals surface area contributed by atoms with E-state index in [4.69, 9.17) is 14.2 Å². The van der Waals surface area contributed by atoms with Gasteiger partial charge in [0.1, 0.15) is 18.8 Å². The Labute approximate surface area is 243 Å². The van der Waals surface area contributed by atoms with Gasteiger partial charge in [0.15, 0.2) is 17.6 Å². The average Bonchev–Trinajstić information content (AvgIpc) is 3.00. The molecule has 0 aliphatic carbocycles. The first-order chi connectivity index (χ1) is 20.2. The van der Waals surface area contributed by atoms with E-state index in [-0.39, 0.29) is 32.6 Å². The molecule has 2 aromatic carbocycles. The molecule has 0 unspecified atom stereocenters. The van der Waals surface area contributed by atoms with E-state index in [1.807, 2.05) is 60.7 Å². The summed E-state index contributed by atoms with van der Waals surface area (Å²) < 4.78 is 30.4.